The highest BCUT2D eigenvalue weighted by Gasteiger charge is 2.15. The van der Waals surface area contributed by atoms with Crippen molar-refractivity contribution in [1.29, 1.82) is 0 Å². The van der Waals surface area contributed by atoms with Gasteiger partial charge in [-0.1, -0.05) is 29.3 Å². The van der Waals surface area contributed by atoms with Gasteiger partial charge in [0.1, 0.15) is 4.90 Å². The van der Waals surface area contributed by atoms with Gasteiger partial charge in [-0.2, -0.15) is 13.4 Å². The first-order valence-corrected chi connectivity index (χ1v) is 10.5. The van der Waals surface area contributed by atoms with Crippen LogP contribution in [0.15, 0.2) is 51.2 Å². The van der Waals surface area contributed by atoms with Crippen LogP contribution in [-0.4, -0.2) is 28.5 Å². The highest BCUT2D eigenvalue weighted by molar-refractivity contribution is 7.94. The van der Waals surface area contributed by atoms with Gasteiger partial charge in [-0.15, -0.1) is 4.33 Å². The van der Waals surface area contributed by atoms with Gasteiger partial charge in [0, 0.05) is 10.6 Å². The first-order valence-electron chi connectivity index (χ1n) is 7.47. The Morgan fingerprint density at radius 1 is 1.24 bits per heavy atom. The fourth-order valence-electron chi connectivity index (χ4n) is 2.20. The van der Waals surface area contributed by atoms with Gasteiger partial charge in [0.25, 0.3) is 10.1 Å². The molecular formula is C16H13N3O6S4. The molecule has 0 fully saturated rings. The number of anilines is 1. The molecule has 9 nitrogen and oxygen atoms in total. The summed E-state index contributed by atoms with van der Waals surface area (Å²) in [5, 5.41) is 16.8. The van der Waals surface area contributed by atoms with E-state index in [1.54, 1.807) is 30.3 Å². The average molecular weight is 472 g/mol. The first kappa shape index (κ1) is 23.1. The molecule has 0 saturated carbocycles. The molecule has 0 radical (unpaired) electrons. The average Bonchev–Trinajstić information content (AvgIpc) is 2.65. The van der Waals surface area contributed by atoms with E-state index in [1.807, 2.05) is 0 Å². The molecule has 0 saturated heterocycles. The fraction of sp³-hybridized carbons (Fsp3) is 0. The lowest BCUT2D eigenvalue weighted by Crippen LogP contribution is -2.19. The minimum atomic E-state index is -4.53. The summed E-state index contributed by atoms with van der Waals surface area (Å²) >= 11 is 9.97. The number of hydrogen-bond donors (Lipinski definition) is 4. The standard InChI is InChI=1S/C16H13N3O6S4/c17-16(27)19-13-6-4-11(15(8-13)29(21,22)23)2-1-10-3-5-12(18-9-26)7-14(10)28-25-24-20/h1-8,20H,(H3,17,19,27)(H,21,22,23)/b2-1+. The van der Waals surface area contributed by atoms with Crippen LogP contribution in [0, 0.1) is 0 Å². The summed E-state index contributed by atoms with van der Waals surface area (Å²) in [7, 11) is -4.53. The summed E-state index contributed by atoms with van der Waals surface area (Å²) in [5.41, 5.74) is 6.94. The molecule has 13 heteroatoms. The van der Waals surface area contributed by atoms with Crippen molar-refractivity contribution in [3.05, 3.63) is 47.5 Å². The molecule has 0 aliphatic heterocycles. The summed E-state index contributed by atoms with van der Waals surface area (Å²) in [5.74, 6) is 0. The fourth-order valence-corrected chi connectivity index (χ4v) is 3.64. The number of isothiocyanates is 1. The van der Waals surface area contributed by atoms with Crippen molar-refractivity contribution in [2.75, 3.05) is 5.32 Å². The van der Waals surface area contributed by atoms with Crippen LogP contribution < -0.4 is 11.1 Å². The molecule has 29 heavy (non-hydrogen) atoms. The molecule has 0 aliphatic carbocycles. The minimum absolute atomic E-state index is 0.0542. The van der Waals surface area contributed by atoms with E-state index in [-0.39, 0.29) is 15.6 Å². The molecule has 0 bridgehead atoms. The molecule has 152 valence electrons. The van der Waals surface area contributed by atoms with Gasteiger partial charge < -0.3 is 11.1 Å². The number of aliphatic imine (C=N–C) groups is 1. The van der Waals surface area contributed by atoms with Gasteiger partial charge in [-0.05, 0) is 59.8 Å². The molecule has 2 aromatic carbocycles. The van der Waals surface area contributed by atoms with Gasteiger partial charge in [0.15, 0.2) is 5.11 Å². The van der Waals surface area contributed by atoms with Crippen molar-refractivity contribution in [3.63, 3.8) is 0 Å². The summed E-state index contributed by atoms with van der Waals surface area (Å²) < 4.78 is 37.5. The van der Waals surface area contributed by atoms with Gasteiger partial charge in [-0.25, -0.2) is 5.26 Å². The third kappa shape index (κ3) is 6.97. The quantitative estimate of drug-likeness (QED) is 0.0845. The summed E-state index contributed by atoms with van der Waals surface area (Å²) in [4.78, 5) is 3.97. The highest BCUT2D eigenvalue weighted by Crippen LogP contribution is 2.30. The van der Waals surface area contributed by atoms with Crippen LogP contribution in [0.2, 0.25) is 0 Å². The van der Waals surface area contributed by atoms with Crippen molar-refractivity contribution in [1.82, 2.24) is 0 Å². The van der Waals surface area contributed by atoms with Crippen LogP contribution in [-0.2, 0) is 19.5 Å². The number of benzene rings is 2. The minimum Gasteiger partial charge on any atom is -0.376 e. The Kier molecular flexibility index (Phi) is 8.40. The normalized spacial score (nSPS) is 11.2. The highest BCUT2D eigenvalue weighted by atomic mass is 32.2. The van der Waals surface area contributed by atoms with Crippen LogP contribution in [0.25, 0.3) is 12.2 Å². The second-order valence-electron chi connectivity index (χ2n) is 5.20. The lowest BCUT2D eigenvalue weighted by atomic mass is 10.1. The third-order valence-corrected chi connectivity index (χ3v) is 5.09. The van der Waals surface area contributed by atoms with Crippen molar-refractivity contribution in [3.8, 4) is 0 Å². The van der Waals surface area contributed by atoms with E-state index in [4.69, 9.17) is 23.2 Å². The summed E-state index contributed by atoms with van der Waals surface area (Å²) in [6, 6.07) is 9.09. The Morgan fingerprint density at radius 3 is 2.55 bits per heavy atom. The topological polar surface area (TPSA) is 143 Å². The van der Waals surface area contributed by atoms with Gasteiger partial charge in [0.05, 0.1) is 22.9 Å². The molecule has 0 atom stereocenters. The number of hydrogen-bond acceptors (Lipinski definition) is 9. The van der Waals surface area contributed by atoms with Gasteiger partial charge >= 0.3 is 0 Å². The maximum Gasteiger partial charge on any atom is 0.295 e. The third-order valence-electron chi connectivity index (χ3n) is 3.33. The van der Waals surface area contributed by atoms with E-state index in [0.717, 1.165) is 0 Å². The van der Waals surface area contributed by atoms with Crippen LogP contribution in [0.5, 0.6) is 0 Å². The van der Waals surface area contributed by atoms with Crippen molar-refractivity contribution >= 4 is 80.4 Å². The maximum atomic E-state index is 11.8. The van der Waals surface area contributed by atoms with E-state index in [9.17, 15) is 13.0 Å². The first-order chi connectivity index (χ1) is 13.7. The predicted molar refractivity (Wildman–Crippen MR) is 117 cm³/mol. The maximum absolute atomic E-state index is 11.8. The molecule has 0 aliphatic rings. The Balaban J connectivity index is 2.47. The Bertz CT molecular complexity index is 1100. The zero-order valence-electron chi connectivity index (χ0n) is 14.3. The molecule has 0 aromatic heterocycles. The molecule has 0 spiro atoms. The smallest absolute Gasteiger partial charge is 0.295 e. The van der Waals surface area contributed by atoms with E-state index >= 15 is 0 Å². The van der Waals surface area contributed by atoms with Gasteiger partial charge in [0.2, 0.25) is 0 Å². The molecule has 2 rings (SSSR count). The van der Waals surface area contributed by atoms with Crippen molar-refractivity contribution in [2.24, 2.45) is 10.7 Å². The second kappa shape index (κ2) is 10.5. The van der Waals surface area contributed by atoms with E-state index in [0.29, 0.717) is 33.9 Å². The number of thiocarbonyl (C=S) groups is 2. The lowest BCUT2D eigenvalue weighted by Gasteiger charge is -2.09. The Hall–Kier alpha value is -2.19. The predicted octanol–water partition coefficient (Wildman–Crippen LogP) is 3.92. The SMILES string of the molecule is NC(=S)Nc1ccc(/C=C/c2ccc(N=C=S)cc2SOOO)c(S(=O)(=O)O)c1. The second-order valence-corrected chi connectivity index (χ2v) is 7.96. The van der Waals surface area contributed by atoms with Crippen molar-refractivity contribution < 1.29 is 27.6 Å². The zero-order valence-corrected chi connectivity index (χ0v) is 17.6. The number of nitrogens with two attached hydrogens (primary N) is 1. The number of nitrogens with one attached hydrogen (secondary N) is 1. The van der Waals surface area contributed by atoms with Crippen LogP contribution in [0.1, 0.15) is 11.1 Å². The molecule has 5 N–H and O–H groups in total. The number of nitrogens with zero attached hydrogens (tertiary/aromatic N) is 1. The van der Waals surface area contributed by atoms with Crippen LogP contribution in [0.3, 0.4) is 0 Å². The molecule has 2 aromatic rings. The lowest BCUT2D eigenvalue weighted by molar-refractivity contribution is -0.432. The Labute approximate surface area is 181 Å². The molecule has 0 heterocycles. The van der Waals surface area contributed by atoms with Crippen LogP contribution >= 0.6 is 36.5 Å². The molecular weight excluding hydrogens is 458 g/mol. The van der Waals surface area contributed by atoms with Crippen molar-refractivity contribution in [2.45, 2.75) is 9.79 Å². The summed E-state index contributed by atoms with van der Waals surface area (Å²) in [6.07, 6.45) is 3.04. The number of rotatable bonds is 8. The largest absolute Gasteiger partial charge is 0.376 e. The monoisotopic (exact) mass is 471 g/mol. The van der Waals surface area contributed by atoms with Crippen LogP contribution in [0.4, 0.5) is 11.4 Å². The Morgan fingerprint density at radius 2 is 1.93 bits per heavy atom. The summed E-state index contributed by atoms with van der Waals surface area (Å²) in [6.45, 7) is 0. The molecule has 0 amide bonds. The van der Waals surface area contributed by atoms with E-state index in [2.05, 4.69) is 37.1 Å². The van der Waals surface area contributed by atoms with Gasteiger partial charge in [-0.3, -0.25) is 4.55 Å². The zero-order chi connectivity index (χ0) is 21.4. The van der Waals surface area contributed by atoms with E-state index in [1.165, 1.54) is 18.2 Å². The molecule has 0 unspecified atom stereocenters. The van der Waals surface area contributed by atoms with E-state index < -0.39 is 10.1 Å².